The lowest BCUT2D eigenvalue weighted by atomic mass is 10.1. The first-order valence-corrected chi connectivity index (χ1v) is 8.45. The quantitative estimate of drug-likeness (QED) is 0.764. The van der Waals surface area contributed by atoms with Gasteiger partial charge in [-0.1, -0.05) is 18.2 Å². The van der Waals surface area contributed by atoms with E-state index in [2.05, 4.69) is 15.6 Å². The van der Waals surface area contributed by atoms with Crippen molar-refractivity contribution >= 4 is 34.2 Å². The Morgan fingerprint density at radius 2 is 1.92 bits per heavy atom. The fourth-order valence-corrected chi connectivity index (χ4v) is 3.14. The van der Waals surface area contributed by atoms with Gasteiger partial charge in [0.2, 0.25) is 0 Å². The summed E-state index contributed by atoms with van der Waals surface area (Å²) >= 11 is 0. The van der Waals surface area contributed by atoms with Crippen LogP contribution in [-0.4, -0.2) is 30.0 Å². The number of aryl methyl sites for hydroxylation is 1. The topological polar surface area (TPSA) is 74.3 Å². The number of fused-ring (bicyclic) bond motifs is 1. The smallest absolute Gasteiger partial charge is 0.321 e. The van der Waals surface area contributed by atoms with Crippen molar-refractivity contribution in [2.45, 2.75) is 6.92 Å². The average Bonchev–Trinajstić information content (AvgIpc) is 3.07. The van der Waals surface area contributed by atoms with Crippen LogP contribution in [-0.2, 0) is 0 Å². The molecule has 2 heterocycles. The van der Waals surface area contributed by atoms with Crippen molar-refractivity contribution in [3.63, 3.8) is 0 Å². The van der Waals surface area contributed by atoms with Crippen molar-refractivity contribution < 1.29 is 9.59 Å². The number of para-hydroxylation sites is 1. The molecule has 3 aromatic rings. The minimum absolute atomic E-state index is 0.0967. The molecular weight excluding hydrogens is 328 g/mol. The largest absolute Gasteiger partial charge is 0.336 e. The zero-order valence-corrected chi connectivity index (χ0v) is 14.3. The molecule has 0 spiro atoms. The molecule has 0 aliphatic carbocycles. The first kappa shape index (κ1) is 16.1. The van der Waals surface area contributed by atoms with E-state index in [1.165, 1.54) is 0 Å². The molecule has 4 rings (SSSR count). The number of pyridine rings is 1. The van der Waals surface area contributed by atoms with Gasteiger partial charge in [0.15, 0.2) is 0 Å². The van der Waals surface area contributed by atoms with Crippen LogP contribution in [0.4, 0.5) is 16.2 Å². The molecule has 2 aromatic carbocycles. The van der Waals surface area contributed by atoms with E-state index in [9.17, 15) is 9.59 Å². The minimum atomic E-state index is -0.182. The number of aromatic nitrogens is 1. The lowest BCUT2D eigenvalue weighted by Gasteiger charge is -2.15. The number of rotatable bonds is 3. The van der Waals surface area contributed by atoms with Crippen LogP contribution in [0.5, 0.6) is 0 Å². The Bertz CT molecular complexity index is 998. The highest BCUT2D eigenvalue weighted by Gasteiger charge is 2.21. The van der Waals surface area contributed by atoms with Gasteiger partial charge in [0, 0.05) is 35.5 Å². The predicted molar refractivity (Wildman–Crippen MR) is 102 cm³/mol. The molecule has 1 fully saturated rings. The Morgan fingerprint density at radius 1 is 1.15 bits per heavy atom. The highest BCUT2D eigenvalue weighted by Crippen LogP contribution is 2.22. The zero-order chi connectivity index (χ0) is 18.1. The molecule has 26 heavy (non-hydrogen) atoms. The Kier molecular flexibility index (Phi) is 4.01. The van der Waals surface area contributed by atoms with Gasteiger partial charge in [-0.2, -0.15) is 0 Å². The van der Waals surface area contributed by atoms with Crippen molar-refractivity contribution in [2.24, 2.45) is 0 Å². The first-order valence-electron chi connectivity index (χ1n) is 8.45. The van der Waals surface area contributed by atoms with Gasteiger partial charge in [0.1, 0.15) is 0 Å². The molecule has 130 valence electrons. The molecule has 0 unspecified atom stereocenters. The maximum absolute atomic E-state index is 12.8. The maximum Gasteiger partial charge on any atom is 0.321 e. The van der Waals surface area contributed by atoms with Crippen LogP contribution in [0, 0.1) is 6.92 Å². The van der Waals surface area contributed by atoms with E-state index in [0.717, 1.165) is 22.3 Å². The molecule has 0 atom stereocenters. The van der Waals surface area contributed by atoms with Gasteiger partial charge < -0.3 is 10.6 Å². The van der Waals surface area contributed by atoms with Gasteiger partial charge in [-0.05, 0) is 43.3 Å². The SMILES string of the molecule is Cc1cc(C(=O)Nc2ccc(N3CCNC3=O)cc2)c2ccccc2n1. The number of benzene rings is 2. The third kappa shape index (κ3) is 2.97. The van der Waals surface area contributed by atoms with E-state index >= 15 is 0 Å². The van der Waals surface area contributed by atoms with Crippen molar-refractivity contribution in [2.75, 3.05) is 23.3 Å². The number of urea groups is 1. The van der Waals surface area contributed by atoms with Gasteiger partial charge in [0.05, 0.1) is 11.1 Å². The van der Waals surface area contributed by atoms with Crippen molar-refractivity contribution in [3.05, 3.63) is 65.9 Å². The monoisotopic (exact) mass is 346 g/mol. The molecule has 1 aromatic heterocycles. The van der Waals surface area contributed by atoms with Crippen molar-refractivity contribution in [1.29, 1.82) is 0 Å². The van der Waals surface area contributed by atoms with Crippen LogP contribution >= 0.6 is 0 Å². The second kappa shape index (κ2) is 6.48. The molecule has 6 nitrogen and oxygen atoms in total. The molecular formula is C20H18N4O2. The summed E-state index contributed by atoms with van der Waals surface area (Å²) in [6.45, 7) is 3.16. The van der Waals surface area contributed by atoms with Crippen LogP contribution in [0.2, 0.25) is 0 Å². The van der Waals surface area contributed by atoms with E-state index in [4.69, 9.17) is 0 Å². The number of hydrogen-bond donors (Lipinski definition) is 2. The summed E-state index contributed by atoms with van der Waals surface area (Å²) in [4.78, 5) is 30.6. The van der Waals surface area contributed by atoms with E-state index in [0.29, 0.717) is 24.3 Å². The van der Waals surface area contributed by atoms with Crippen LogP contribution in [0.15, 0.2) is 54.6 Å². The van der Waals surface area contributed by atoms with Gasteiger partial charge in [0.25, 0.3) is 5.91 Å². The second-order valence-corrected chi connectivity index (χ2v) is 6.21. The fraction of sp³-hybridized carbons (Fsp3) is 0.150. The standard InChI is InChI=1S/C20H18N4O2/c1-13-12-17(16-4-2-3-5-18(16)22-13)19(25)23-14-6-8-15(9-7-14)24-11-10-21-20(24)26/h2-9,12H,10-11H2,1H3,(H,21,26)(H,23,25). The molecule has 1 aliphatic heterocycles. The number of nitrogens with zero attached hydrogens (tertiary/aromatic N) is 2. The average molecular weight is 346 g/mol. The molecule has 2 N–H and O–H groups in total. The Morgan fingerprint density at radius 3 is 2.65 bits per heavy atom. The van der Waals surface area contributed by atoms with Crippen LogP contribution in [0.3, 0.4) is 0 Å². The van der Waals surface area contributed by atoms with E-state index in [1.807, 2.05) is 43.3 Å². The summed E-state index contributed by atoms with van der Waals surface area (Å²) in [6.07, 6.45) is 0. The first-order chi connectivity index (χ1) is 12.6. The Hall–Kier alpha value is -3.41. The van der Waals surface area contributed by atoms with Gasteiger partial charge in [-0.25, -0.2) is 4.79 Å². The summed E-state index contributed by atoms with van der Waals surface area (Å²) in [5.74, 6) is -0.182. The normalized spacial score (nSPS) is 13.7. The summed E-state index contributed by atoms with van der Waals surface area (Å²) in [5.41, 5.74) is 3.67. The van der Waals surface area contributed by atoms with Crippen molar-refractivity contribution in [3.8, 4) is 0 Å². The molecule has 1 aliphatic rings. The molecule has 0 radical (unpaired) electrons. The lowest BCUT2D eigenvalue weighted by molar-refractivity contribution is 0.102. The molecule has 0 bridgehead atoms. The maximum atomic E-state index is 12.8. The van der Waals surface area contributed by atoms with Crippen LogP contribution in [0.25, 0.3) is 10.9 Å². The number of nitrogens with one attached hydrogen (secondary N) is 2. The molecule has 1 saturated heterocycles. The highest BCUT2D eigenvalue weighted by atomic mass is 16.2. The lowest BCUT2D eigenvalue weighted by Crippen LogP contribution is -2.27. The number of hydrogen-bond acceptors (Lipinski definition) is 3. The summed E-state index contributed by atoms with van der Waals surface area (Å²) in [7, 11) is 0. The third-order valence-electron chi connectivity index (χ3n) is 4.38. The summed E-state index contributed by atoms with van der Waals surface area (Å²) in [6, 6.07) is 16.6. The van der Waals surface area contributed by atoms with Gasteiger partial charge in [-0.15, -0.1) is 0 Å². The van der Waals surface area contributed by atoms with E-state index in [-0.39, 0.29) is 11.9 Å². The highest BCUT2D eigenvalue weighted by molar-refractivity contribution is 6.12. The van der Waals surface area contributed by atoms with Crippen LogP contribution in [0.1, 0.15) is 16.1 Å². The fourth-order valence-electron chi connectivity index (χ4n) is 3.14. The minimum Gasteiger partial charge on any atom is -0.336 e. The second-order valence-electron chi connectivity index (χ2n) is 6.21. The Labute approximate surface area is 150 Å². The summed E-state index contributed by atoms with van der Waals surface area (Å²) in [5, 5.41) is 6.51. The molecule has 0 saturated carbocycles. The predicted octanol–water partition coefficient (Wildman–Crippen LogP) is 3.33. The third-order valence-corrected chi connectivity index (χ3v) is 4.38. The number of anilines is 2. The number of amides is 3. The Balaban J connectivity index is 1.58. The van der Waals surface area contributed by atoms with E-state index in [1.54, 1.807) is 23.1 Å². The molecule has 6 heteroatoms. The van der Waals surface area contributed by atoms with Gasteiger partial charge >= 0.3 is 6.03 Å². The molecule has 3 amide bonds. The van der Waals surface area contributed by atoms with Gasteiger partial charge in [-0.3, -0.25) is 14.7 Å². The number of carbonyl (C=O) groups excluding carboxylic acids is 2. The van der Waals surface area contributed by atoms with E-state index < -0.39 is 0 Å². The van der Waals surface area contributed by atoms with Crippen LogP contribution < -0.4 is 15.5 Å². The summed E-state index contributed by atoms with van der Waals surface area (Å²) < 4.78 is 0. The van der Waals surface area contributed by atoms with Crippen molar-refractivity contribution in [1.82, 2.24) is 10.3 Å². The zero-order valence-electron chi connectivity index (χ0n) is 14.3. The number of carbonyl (C=O) groups is 2.